The van der Waals surface area contributed by atoms with Gasteiger partial charge in [-0.25, -0.2) is 0 Å². The number of thioether (sulfide) groups is 1. The molecule has 0 saturated carbocycles. The third-order valence-corrected chi connectivity index (χ3v) is 3.29. The molecule has 0 aliphatic carbocycles. The lowest BCUT2D eigenvalue weighted by Crippen LogP contribution is -2.15. The molecule has 1 rings (SSSR count). The molecule has 0 saturated heterocycles. The van der Waals surface area contributed by atoms with E-state index in [9.17, 15) is 4.79 Å². The van der Waals surface area contributed by atoms with E-state index >= 15 is 0 Å². The number of aryl methyl sites for hydroxylation is 1. The molecule has 1 aromatic rings. The van der Waals surface area contributed by atoms with Crippen LogP contribution < -0.4 is 0 Å². The molecule has 1 unspecified atom stereocenters. The first-order valence-corrected chi connectivity index (χ1v) is 5.68. The summed E-state index contributed by atoms with van der Waals surface area (Å²) >= 11 is 7.00. The Kier molecular flexibility index (Phi) is 4.35. The molecule has 5 heteroatoms. The predicted octanol–water partition coefficient (Wildman–Crippen LogP) is 2.51. The molecule has 0 amide bonds. The number of hydrogen-bond donors (Lipinski definition) is 1. The first-order chi connectivity index (χ1) is 6.61. The summed E-state index contributed by atoms with van der Waals surface area (Å²) in [7, 11) is 0. The minimum absolute atomic E-state index is 0.386. The molecule has 1 aromatic heterocycles. The Hall–Kier alpha value is -0.610. The average molecular weight is 235 g/mol. The largest absolute Gasteiger partial charge is 0.480 e. The maximum absolute atomic E-state index is 10.4. The second kappa shape index (κ2) is 5.32. The van der Waals surface area contributed by atoms with Crippen LogP contribution in [0.5, 0.6) is 0 Å². The number of halogens is 1. The van der Waals surface area contributed by atoms with Crippen molar-refractivity contribution in [1.29, 1.82) is 0 Å². The van der Waals surface area contributed by atoms with Gasteiger partial charge in [-0.2, -0.15) is 11.8 Å². The Balaban J connectivity index is 2.29. The number of aliphatic carboxylic acids is 1. The van der Waals surface area contributed by atoms with Gasteiger partial charge in [0.25, 0.3) is 0 Å². The Morgan fingerprint density at radius 1 is 1.79 bits per heavy atom. The molecule has 0 aliphatic heterocycles. The summed E-state index contributed by atoms with van der Waals surface area (Å²) in [5, 5.41) is 7.70. The molecule has 1 atom stereocenters. The van der Waals surface area contributed by atoms with Crippen molar-refractivity contribution >= 4 is 29.3 Å². The van der Waals surface area contributed by atoms with Crippen LogP contribution in [0.1, 0.15) is 11.3 Å². The van der Waals surface area contributed by atoms with Gasteiger partial charge in [-0.05, 0) is 18.6 Å². The van der Waals surface area contributed by atoms with Gasteiger partial charge < -0.3 is 9.52 Å². The van der Waals surface area contributed by atoms with Crippen LogP contribution in [0.3, 0.4) is 0 Å². The molecule has 14 heavy (non-hydrogen) atoms. The van der Waals surface area contributed by atoms with E-state index in [2.05, 4.69) is 0 Å². The highest BCUT2D eigenvalue weighted by atomic mass is 35.5. The fourth-order valence-electron chi connectivity index (χ4n) is 0.878. The summed E-state index contributed by atoms with van der Waals surface area (Å²) in [6.07, 6.45) is 1.63. The van der Waals surface area contributed by atoms with Crippen molar-refractivity contribution in [2.45, 2.75) is 18.1 Å². The molecule has 0 radical (unpaired) electrons. The predicted molar refractivity (Wildman–Crippen MR) is 56.9 cm³/mol. The van der Waals surface area contributed by atoms with Gasteiger partial charge in [-0.3, -0.25) is 4.79 Å². The van der Waals surface area contributed by atoms with Crippen LogP contribution in [0.25, 0.3) is 0 Å². The Bertz CT molecular complexity index is 311. The summed E-state index contributed by atoms with van der Waals surface area (Å²) < 4.78 is 5.20. The second-order valence-electron chi connectivity index (χ2n) is 2.85. The topological polar surface area (TPSA) is 50.4 Å². The van der Waals surface area contributed by atoms with E-state index in [0.717, 1.165) is 11.3 Å². The first-order valence-electron chi connectivity index (χ1n) is 4.09. The maximum atomic E-state index is 10.4. The molecule has 1 N–H and O–H groups in total. The molecular formula is C9H11ClO3S. The highest BCUT2D eigenvalue weighted by molar-refractivity contribution is 7.98. The van der Waals surface area contributed by atoms with Crippen molar-refractivity contribution in [2.75, 3.05) is 5.75 Å². The highest BCUT2D eigenvalue weighted by Gasteiger charge is 2.13. The Morgan fingerprint density at radius 3 is 3.00 bits per heavy atom. The Morgan fingerprint density at radius 2 is 2.50 bits per heavy atom. The number of hydrogen-bond acceptors (Lipinski definition) is 3. The van der Waals surface area contributed by atoms with E-state index in [4.69, 9.17) is 21.1 Å². The van der Waals surface area contributed by atoms with Crippen molar-refractivity contribution in [3.8, 4) is 0 Å². The van der Waals surface area contributed by atoms with E-state index in [1.807, 2.05) is 13.0 Å². The fourth-order valence-corrected chi connectivity index (χ4v) is 2.09. The van der Waals surface area contributed by atoms with Crippen molar-refractivity contribution < 1.29 is 14.3 Å². The molecule has 0 spiro atoms. The molecule has 0 aromatic carbocycles. The van der Waals surface area contributed by atoms with Gasteiger partial charge in [0.05, 0.1) is 12.0 Å². The zero-order valence-electron chi connectivity index (χ0n) is 7.70. The standard InChI is InChI=1S/C9H11ClO3S/c1-6-2-3-13-8(6)5-14-4-7(10)9(11)12/h2-3,7H,4-5H2,1H3,(H,11,12). The van der Waals surface area contributed by atoms with E-state index in [-0.39, 0.29) is 0 Å². The third-order valence-electron chi connectivity index (χ3n) is 1.73. The lowest BCUT2D eigenvalue weighted by molar-refractivity contribution is -0.136. The van der Waals surface area contributed by atoms with Gasteiger partial charge in [0, 0.05) is 5.75 Å². The van der Waals surface area contributed by atoms with Crippen molar-refractivity contribution in [3.63, 3.8) is 0 Å². The fraction of sp³-hybridized carbons (Fsp3) is 0.444. The van der Waals surface area contributed by atoms with E-state index in [1.165, 1.54) is 11.8 Å². The van der Waals surface area contributed by atoms with E-state index in [0.29, 0.717) is 11.5 Å². The first kappa shape index (κ1) is 11.5. The SMILES string of the molecule is Cc1ccoc1CSCC(Cl)C(=O)O. The zero-order chi connectivity index (χ0) is 10.6. The number of carbonyl (C=O) groups is 1. The van der Waals surface area contributed by atoms with Crippen LogP contribution in [0.2, 0.25) is 0 Å². The molecule has 78 valence electrons. The number of rotatable bonds is 5. The third kappa shape index (κ3) is 3.27. The van der Waals surface area contributed by atoms with Gasteiger partial charge >= 0.3 is 5.97 Å². The average Bonchev–Trinajstić information content (AvgIpc) is 2.51. The van der Waals surface area contributed by atoms with Gasteiger partial charge in [-0.15, -0.1) is 11.6 Å². The normalized spacial score (nSPS) is 12.7. The van der Waals surface area contributed by atoms with Gasteiger partial charge in [0.1, 0.15) is 11.1 Å². The molecular weight excluding hydrogens is 224 g/mol. The van der Waals surface area contributed by atoms with Crippen molar-refractivity contribution in [1.82, 2.24) is 0 Å². The van der Waals surface area contributed by atoms with Crippen LogP contribution in [0.15, 0.2) is 16.7 Å². The number of furan rings is 1. The van der Waals surface area contributed by atoms with Crippen LogP contribution >= 0.6 is 23.4 Å². The zero-order valence-corrected chi connectivity index (χ0v) is 9.27. The van der Waals surface area contributed by atoms with Crippen molar-refractivity contribution in [3.05, 3.63) is 23.7 Å². The maximum Gasteiger partial charge on any atom is 0.322 e. The van der Waals surface area contributed by atoms with Crippen LogP contribution in [0.4, 0.5) is 0 Å². The summed E-state index contributed by atoms with van der Waals surface area (Å²) in [4.78, 5) is 10.4. The molecule has 0 aliphatic rings. The second-order valence-corrected chi connectivity index (χ2v) is 4.40. The quantitative estimate of drug-likeness (QED) is 0.796. The minimum atomic E-state index is -0.977. The molecule has 1 heterocycles. The van der Waals surface area contributed by atoms with Crippen molar-refractivity contribution in [2.24, 2.45) is 0 Å². The molecule has 3 nitrogen and oxygen atoms in total. The smallest absolute Gasteiger partial charge is 0.322 e. The van der Waals surface area contributed by atoms with Gasteiger partial charge in [0.15, 0.2) is 0 Å². The lowest BCUT2D eigenvalue weighted by Gasteiger charge is -2.02. The summed E-state index contributed by atoms with van der Waals surface area (Å²) in [5.41, 5.74) is 1.08. The van der Waals surface area contributed by atoms with Gasteiger partial charge in [-0.1, -0.05) is 0 Å². The van der Waals surface area contributed by atoms with Crippen LogP contribution in [-0.2, 0) is 10.5 Å². The van der Waals surface area contributed by atoms with Crippen LogP contribution in [-0.4, -0.2) is 22.2 Å². The van der Waals surface area contributed by atoms with Crippen LogP contribution in [0, 0.1) is 6.92 Å². The van der Waals surface area contributed by atoms with E-state index < -0.39 is 11.3 Å². The monoisotopic (exact) mass is 234 g/mol. The molecule has 0 bridgehead atoms. The molecule has 0 fully saturated rings. The van der Waals surface area contributed by atoms with E-state index in [1.54, 1.807) is 6.26 Å². The summed E-state index contributed by atoms with van der Waals surface area (Å²) in [6, 6.07) is 1.88. The summed E-state index contributed by atoms with van der Waals surface area (Å²) in [6.45, 7) is 1.95. The minimum Gasteiger partial charge on any atom is -0.480 e. The summed E-state index contributed by atoms with van der Waals surface area (Å²) in [5.74, 6) is 0.950. The highest BCUT2D eigenvalue weighted by Crippen LogP contribution is 2.18. The van der Waals surface area contributed by atoms with Gasteiger partial charge in [0.2, 0.25) is 0 Å². The number of carboxylic acids is 1. The number of alkyl halides is 1. The number of carboxylic acid groups (broad SMARTS) is 1. The lowest BCUT2D eigenvalue weighted by atomic mass is 10.3. The Labute approximate surface area is 91.4 Å².